The Kier molecular flexibility index (Phi) is 4.00. The normalized spacial score (nSPS) is 10.3. The van der Waals surface area contributed by atoms with E-state index < -0.39 is 0 Å². The third-order valence-electron chi connectivity index (χ3n) is 3.16. The highest BCUT2D eigenvalue weighted by atomic mass is 16.5. The second-order valence-electron chi connectivity index (χ2n) is 4.76. The first-order chi connectivity index (χ1) is 9.10. The highest BCUT2D eigenvalue weighted by molar-refractivity contribution is 5.79. The first kappa shape index (κ1) is 13.3. The molecular weight excluding hydrogens is 236 g/mol. The van der Waals surface area contributed by atoms with Crippen molar-refractivity contribution in [2.45, 2.75) is 20.3 Å². The van der Waals surface area contributed by atoms with Gasteiger partial charge in [-0.3, -0.25) is 4.79 Å². The predicted molar refractivity (Wildman–Crippen MR) is 77.6 cm³/mol. The maximum absolute atomic E-state index is 11.2. The van der Waals surface area contributed by atoms with Crippen LogP contribution in [0.2, 0.25) is 0 Å². The lowest BCUT2D eigenvalue weighted by Crippen LogP contribution is -1.97. The Morgan fingerprint density at radius 3 is 2.37 bits per heavy atom. The second-order valence-corrected chi connectivity index (χ2v) is 4.76. The zero-order chi connectivity index (χ0) is 13.8. The van der Waals surface area contributed by atoms with Gasteiger partial charge in [0.15, 0.2) is 0 Å². The minimum atomic E-state index is 0.185. The summed E-state index contributed by atoms with van der Waals surface area (Å²) in [4.78, 5) is 11.2. The molecule has 0 fully saturated rings. The SMILES string of the molecule is COc1ccc(-c2cc(CC(C)=O)ccc2C)cc1. The predicted octanol–water partition coefficient (Wildman–Crippen LogP) is 3.80. The number of benzene rings is 2. The van der Waals surface area contributed by atoms with E-state index in [-0.39, 0.29) is 5.78 Å². The molecule has 98 valence electrons. The average Bonchev–Trinajstić information content (AvgIpc) is 2.40. The van der Waals surface area contributed by atoms with Crippen LogP contribution in [0.5, 0.6) is 5.75 Å². The van der Waals surface area contributed by atoms with Crippen molar-refractivity contribution in [2.75, 3.05) is 7.11 Å². The zero-order valence-corrected chi connectivity index (χ0v) is 11.6. The minimum Gasteiger partial charge on any atom is -0.497 e. The number of aryl methyl sites for hydroxylation is 1. The molecule has 0 aromatic heterocycles. The van der Waals surface area contributed by atoms with Crippen molar-refractivity contribution >= 4 is 5.78 Å². The fraction of sp³-hybridized carbons (Fsp3) is 0.235. The minimum absolute atomic E-state index is 0.185. The largest absolute Gasteiger partial charge is 0.497 e. The molecule has 0 amide bonds. The van der Waals surface area contributed by atoms with Crippen molar-refractivity contribution in [1.82, 2.24) is 0 Å². The van der Waals surface area contributed by atoms with E-state index in [4.69, 9.17) is 4.74 Å². The number of rotatable bonds is 4. The van der Waals surface area contributed by atoms with Gasteiger partial charge in [-0.2, -0.15) is 0 Å². The van der Waals surface area contributed by atoms with E-state index >= 15 is 0 Å². The average molecular weight is 254 g/mol. The monoisotopic (exact) mass is 254 g/mol. The lowest BCUT2D eigenvalue weighted by Gasteiger charge is -2.09. The lowest BCUT2D eigenvalue weighted by molar-refractivity contribution is -0.116. The molecule has 0 unspecified atom stereocenters. The van der Waals surface area contributed by atoms with Crippen molar-refractivity contribution in [1.29, 1.82) is 0 Å². The molecule has 0 saturated carbocycles. The van der Waals surface area contributed by atoms with Gasteiger partial charge in [-0.05, 0) is 48.2 Å². The zero-order valence-electron chi connectivity index (χ0n) is 11.6. The van der Waals surface area contributed by atoms with Crippen LogP contribution in [0, 0.1) is 6.92 Å². The van der Waals surface area contributed by atoms with Crippen LogP contribution in [0.1, 0.15) is 18.1 Å². The van der Waals surface area contributed by atoms with Crippen LogP contribution in [0.3, 0.4) is 0 Å². The second kappa shape index (κ2) is 5.70. The molecule has 0 atom stereocenters. The molecule has 0 aliphatic heterocycles. The van der Waals surface area contributed by atoms with Crippen LogP contribution in [-0.2, 0) is 11.2 Å². The molecule has 2 heteroatoms. The summed E-state index contributed by atoms with van der Waals surface area (Å²) in [5.74, 6) is 1.03. The van der Waals surface area contributed by atoms with Gasteiger partial charge in [0.25, 0.3) is 0 Å². The van der Waals surface area contributed by atoms with Crippen LogP contribution >= 0.6 is 0 Å². The van der Waals surface area contributed by atoms with Gasteiger partial charge in [0.05, 0.1) is 7.11 Å². The fourth-order valence-corrected chi connectivity index (χ4v) is 2.15. The first-order valence-corrected chi connectivity index (χ1v) is 6.33. The number of hydrogen-bond acceptors (Lipinski definition) is 2. The van der Waals surface area contributed by atoms with E-state index in [0.717, 1.165) is 16.9 Å². The summed E-state index contributed by atoms with van der Waals surface area (Å²) in [7, 11) is 1.66. The molecule has 0 aliphatic rings. The van der Waals surface area contributed by atoms with Gasteiger partial charge in [0.1, 0.15) is 11.5 Å². The summed E-state index contributed by atoms with van der Waals surface area (Å²) in [5, 5.41) is 0. The van der Waals surface area contributed by atoms with Crippen LogP contribution < -0.4 is 4.74 Å². The van der Waals surface area contributed by atoms with Crippen molar-refractivity contribution in [3.63, 3.8) is 0 Å². The lowest BCUT2D eigenvalue weighted by atomic mass is 9.96. The summed E-state index contributed by atoms with van der Waals surface area (Å²) >= 11 is 0. The van der Waals surface area contributed by atoms with E-state index in [9.17, 15) is 4.79 Å². The van der Waals surface area contributed by atoms with E-state index in [1.807, 2.05) is 30.3 Å². The van der Waals surface area contributed by atoms with E-state index in [2.05, 4.69) is 19.1 Å². The molecule has 2 aromatic carbocycles. The topological polar surface area (TPSA) is 26.3 Å². The number of hydrogen-bond donors (Lipinski definition) is 0. The Balaban J connectivity index is 2.39. The summed E-state index contributed by atoms with van der Waals surface area (Å²) < 4.78 is 5.17. The van der Waals surface area contributed by atoms with Gasteiger partial charge in [-0.15, -0.1) is 0 Å². The Hall–Kier alpha value is -2.09. The Labute approximate surface area is 114 Å². The van der Waals surface area contributed by atoms with Crippen molar-refractivity contribution in [3.8, 4) is 16.9 Å². The summed E-state index contributed by atoms with van der Waals surface area (Å²) in [5.41, 5.74) is 4.58. The summed E-state index contributed by atoms with van der Waals surface area (Å²) in [6.45, 7) is 3.70. The third-order valence-corrected chi connectivity index (χ3v) is 3.16. The molecule has 0 heterocycles. The highest BCUT2D eigenvalue weighted by Gasteiger charge is 2.05. The van der Waals surface area contributed by atoms with Gasteiger partial charge in [-0.1, -0.05) is 30.3 Å². The van der Waals surface area contributed by atoms with Crippen molar-refractivity contribution in [3.05, 3.63) is 53.6 Å². The van der Waals surface area contributed by atoms with Crippen LogP contribution in [0.4, 0.5) is 0 Å². The quantitative estimate of drug-likeness (QED) is 0.829. The molecule has 2 rings (SSSR count). The third kappa shape index (κ3) is 3.22. The Morgan fingerprint density at radius 1 is 1.11 bits per heavy atom. The number of carbonyl (C=O) groups excluding carboxylic acids is 1. The van der Waals surface area contributed by atoms with E-state index in [1.165, 1.54) is 11.1 Å². The van der Waals surface area contributed by atoms with E-state index in [0.29, 0.717) is 6.42 Å². The van der Waals surface area contributed by atoms with Crippen molar-refractivity contribution in [2.24, 2.45) is 0 Å². The van der Waals surface area contributed by atoms with Gasteiger partial charge < -0.3 is 4.74 Å². The molecule has 0 N–H and O–H groups in total. The molecule has 2 nitrogen and oxygen atoms in total. The standard InChI is InChI=1S/C17H18O2/c1-12-4-5-14(10-13(2)18)11-17(12)15-6-8-16(19-3)9-7-15/h4-9,11H,10H2,1-3H3. The molecule has 0 aliphatic carbocycles. The van der Waals surface area contributed by atoms with Gasteiger partial charge >= 0.3 is 0 Å². The van der Waals surface area contributed by atoms with Crippen LogP contribution in [-0.4, -0.2) is 12.9 Å². The molecule has 2 aromatic rings. The summed E-state index contributed by atoms with van der Waals surface area (Å²) in [6, 6.07) is 14.2. The maximum Gasteiger partial charge on any atom is 0.134 e. The van der Waals surface area contributed by atoms with Gasteiger partial charge in [-0.25, -0.2) is 0 Å². The molecule has 0 saturated heterocycles. The number of ketones is 1. The van der Waals surface area contributed by atoms with Crippen LogP contribution in [0.15, 0.2) is 42.5 Å². The van der Waals surface area contributed by atoms with Crippen LogP contribution in [0.25, 0.3) is 11.1 Å². The number of Topliss-reactive ketones (excluding diaryl/α,β-unsaturated/α-hetero) is 1. The molecular formula is C17H18O2. The number of ether oxygens (including phenoxy) is 1. The smallest absolute Gasteiger partial charge is 0.134 e. The molecule has 0 spiro atoms. The first-order valence-electron chi connectivity index (χ1n) is 6.33. The van der Waals surface area contributed by atoms with E-state index in [1.54, 1.807) is 14.0 Å². The van der Waals surface area contributed by atoms with Crippen molar-refractivity contribution < 1.29 is 9.53 Å². The maximum atomic E-state index is 11.2. The number of carbonyl (C=O) groups is 1. The fourth-order valence-electron chi connectivity index (χ4n) is 2.15. The number of methoxy groups -OCH3 is 1. The van der Waals surface area contributed by atoms with Gasteiger partial charge in [0.2, 0.25) is 0 Å². The summed E-state index contributed by atoms with van der Waals surface area (Å²) in [6.07, 6.45) is 0.490. The Morgan fingerprint density at radius 2 is 1.79 bits per heavy atom. The Bertz CT molecular complexity index is 583. The highest BCUT2D eigenvalue weighted by Crippen LogP contribution is 2.26. The molecule has 19 heavy (non-hydrogen) atoms. The van der Waals surface area contributed by atoms with Gasteiger partial charge in [0, 0.05) is 6.42 Å². The molecule has 0 radical (unpaired) electrons. The molecule has 0 bridgehead atoms.